The number of para-hydroxylation sites is 1. The Morgan fingerprint density at radius 2 is 1.82 bits per heavy atom. The fourth-order valence-corrected chi connectivity index (χ4v) is 3.35. The molecule has 0 aromatic heterocycles. The summed E-state index contributed by atoms with van der Waals surface area (Å²) in [4.78, 5) is 39.9. The molecule has 1 aromatic carbocycles. The zero-order valence-electron chi connectivity index (χ0n) is 20.8. The molecule has 192 valence electrons. The van der Waals surface area contributed by atoms with E-state index in [0.717, 1.165) is 24.2 Å². The summed E-state index contributed by atoms with van der Waals surface area (Å²) in [5.41, 5.74) is -0.154. The molecule has 2 atom stereocenters. The van der Waals surface area contributed by atoms with E-state index < -0.39 is 48.8 Å². The van der Waals surface area contributed by atoms with Crippen molar-refractivity contribution in [2.45, 2.75) is 71.6 Å². The highest BCUT2D eigenvalue weighted by molar-refractivity contribution is 5.92. The largest absolute Gasteiger partial charge is 0.507 e. The predicted molar refractivity (Wildman–Crippen MR) is 127 cm³/mol. The number of hydrogen-bond acceptors (Lipinski definition) is 7. The fraction of sp³-hybridized carbons (Fsp3) is 0.625. The first kappa shape index (κ1) is 29.2. The van der Waals surface area contributed by atoms with Crippen LogP contribution in [0.5, 0.6) is 5.75 Å². The van der Waals surface area contributed by atoms with Gasteiger partial charge in [-0.25, -0.2) is 4.79 Å². The van der Waals surface area contributed by atoms with Gasteiger partial charge in [0.2, 0.25) is 11.8 Å². The highest BCUT2D eigenvalue weighted by atomic mass is 16.6. The van der Waals surface area contributed by atoms with E-state index >= 15 is 0 Å². The molecule has 10 heteroatoms. The summed E-state index contributed by atoms with van der Waals surface area (Å²) in [7, 11) is 0. The quantitative estimate of drug-likeness (QED) is 0.286. The van der Waals surface area contributed by atoms with Crippen molar-refractivity contribution in [2.75, 3.05) is 26.3 Å². The number of aryl methyl sites for hydroxylation is 1. The first-order valence-electron chi connectivity index (χ1n) is 11.5. The lowest BCUT2D eigenvalue weighted by atomic mass is 9.99. The molecular weight excluding hydrogens is 442 g/mol. The number of carbonyl (C=O) groups excluding carboxylic acids is 3. The number of benzene rings is 1. The SMILES string of the molecule is CCCCCNC(=O)C(c1cccc(C)c1O)N(CCO)C(=O)C(CO)NC(=O)OC(C)(C)C. The minimum Gasteiger partial charge on any atom is -0.507 e. The zero-order chi connectivity index (χ0) is 25.9. The second kappa shape index (κ2) is 13.8. The van der Waals surface area contributed by atoms with E-state index in [4.69, 9.17) is 4.74 Å². The van der Waals surface area contributed by atoms with Gasteiger partial charge in [0.15, 0.2) is 0 Å². The van der Waals surface area contributed by atoms with Gasteiger partial charge in [-0.15, -0.1) is 0 Å². The predicted octanol–water partition coefficient (Wildman–Crippen LogP) is 1.75. The second-order valence-electron chi connectivity index (χ2n) is 9.05. The number of aliphatic hydroxyl groups is 2. The number of aromatic hydroxyl groups is 1. The Hall–Kier alpha value is -2.85. The van der Waals surface area contributed by atoms with Crippen molar-refractivity contribution >= 4 is 17.9 Å². The van der Waals surface area contributed by atoms with Gasteiger partial charge in [-0.05, 0) is 39.7 Å². The summed E-state index contributed by atoms with van der Waals surface area (Å²) >= 11 is 0. The van der Waals surface area contributed by atoms with Crippen molar-refractivity contribution in [1.82, 2.24) is 15.5 Å². The van der Waals surface area contributed by atoms with Crippen LogP contribution >= 0.6 is 0 Å². The standard InChI is InChI=1S/C24H39N3O7/c1-6-7-8-12-25-21(31)19(17-11-9-10-16(2)20(17)30)27(13-14-28)22(32)18(15-29)26-23(33)34-24(3,4)5/h9-11,18-19,28-30H,6-8,12-15H2,1-5H3,(H,25,31)(H,26,33). The van der Waals surface area contributed by atoms with Crippen LogP contribution in [0.2, 0.25) is 0 Å². The van der Waals surface area contributed by atoms with Crippen LogP contribution < -0.4 is 10.6 Å². The maximum absolute atomic E-state index is 13.4. The van der Waals surface area contributed by atoms with Crippen LogP contribution in [-0.4, -0.2) is 76.1 Å². The van der Waals surface area contributed by atoms with Crippen LogP contribution in [0.15, 0.2) is 18.2 Å². The molecule has 1 aromatic rings. The highest BCUT2D eigenvalue weighted by Gasteiger charge is 2.37. The van der Waals surface area contributed by atoms with Gasteiger partial charge in [0.25, 0.3) is 0 Å². The number of amides is 3. The van der Waals surface area contributed by atoms with Crippen molar-refractivity contribution in [1.29, 1.82) is 0 Å². The maximum atomic E-state index is 13.4. The Morgan fingerprint density at radius 1 is 1.15 bits per heavy atom. The van der Waals surface area contributed by atoms with E-state index in [2.05, 4.69) is 10.6 Å². The van der Waals surface area contributed by atoms with Crippen LogP contribution in [-0.2, 0) is 14.3 Å². The molecule has 34 heavy (non-hydrogen) atoms. The number of alkyl carbamates (subject to hydrolysis) is 1. The van der Waals surface area contributed by atoms with Crippen molar-refractivity contribution in [2.24, 2.45) is 0 Å². The van der Waals surface area contributed by atoms with Crippen LogP contribution in [0.4, 0.5) is 4.79 Å². The number of hydrogen-bond donors (Lipinski definition) is 5. The second-order valence-corrected chi connectivity index (χ2v) is 9.05. The average molecular weight is 482 g/mol. The van der Waals surface area contributed by atoms with Gasteiger partial charge in [-0.3, -0.25) is 9.59 Å². The van der Waals surface area contributed by atoms with Crippen LogP contribution in [0, 0.1) is 6.92 Å². The third-order valence-electron chi connectivity index (χ3n) is 5.00. The molecule has 3 amide bonds. The summed E-state index contributed by atoms with van der Waals surface area (Å²) in [6, 6.07) is 2.10. The molecule has 0 saturated carbocycles. The molecule has 0 aliphatic carbocycles. The van der Waals surface area contributed by atoms with Gasteiger partial charge in [-0.2, -0.15) is 0 Å². The van der Waals surface area contributed by atoms with Crippen molar-refractivity contribution in [3.8, 4) is 5.75 Å². The monoisotopic (exact) mass is 481 g/mol. The first-order chi connectivity index (χ1) is 16.0. The zero-order valence-corrected chi connectivity index (χ0v) is 20.8. The number of phenols is 1. The van der Waals surface area contributed by atoms with E-state index in [1.807, 2.05) is 6.92 Å². The van der Waals surface area contributed by atoms with Crippen molar-refractivity contribution < 1.29 is 34.4 Å². The van der Waals surface area contributed by atoms with E-state index in [0.29, 0.717) is 12.1 Å². The lowest BCUT2D eigenvalue weighted by Gasteiger charge is -2.34. The summed E-state index contributed by atoms with van der Waals surface area (Å²) in [5, 5.41) is 35.3. The molecule has 0 bridgehead atoms. The van der Waals surface area contributed by atoms with Gasteiger partial charge in [0.05, 0.1) is 13.2 Å². The van der Waals surface area contributed by atoms with E-state index in [-0.39, 0.29) is 17.9 Å². The summed E-state index contributed by atoms with van der Waals surface area (Å²) < 4.78 is 5.16. The van der Waals surface area contributed by atoms with Gasteiger partial charge >= 0.3 is 6.09 Å². The number of unbranched alkanes of at least 4 members (excludes halogenated alkanes) is 2. The van der Waals surface area contributed by atoms with Crippen LogP contribution in [0.1, 0.15) is 64.1 Å². The Bertz CT molecular complexity index is 823. The molecular formula is C24H39N3O7. The number of carbonyl (C=O) groups is 3. The number of nitrogens with zero attached hydrogens (tertiary/aromatic N) is 1. The molecule has 0 radical (unpaired) electrons. The molecule has 10 nitrogen and oxygen atoms in total. The molecule has 2 unspecified atom stereocenters. The summed E-state index contributed by atoms with van der Waals surface area (Å²) in [5.74, 6) is -1.52. The van der Waals surface area contributed by atoms with E-state index in [1.54, 1.807) is 39.8 Å². The minimum absolute atomic E-state index is 0.160. The third kappa shape index (κ3) is 8.83. The number of nitrogens with one attached hydrogen (secondary N) is 2. The van der Waals surface area contributed by atoms with Gasteiger partial charge in [0, 0.05) is 18.7 Å². The molecule has 0 fully saturated rings. The van der Waals surface area contributed by atoms with Crippen molar-refractivity contribution in [3.63, 3.8) is 0 Å². The number of rotatable bonds is 12. The molecule has 1 rings (SSSR count). The van der Waals surface area contributed by atoms with E-state index in [9.17, 15) is 29.7 Å². The highest BCUT2D eigenvalue weighted by Crippen LogP contribution is 2.32. The molecule has 0 spiro atoms. The number of aliphatic hydroxyl groups excluding tert-OH is 2. The van der Waals surface area contributed by atoms with Gasteiger partial charge in [-0.1, -0.05) is 38.0 Å². The Balaban J connectivity index is 3.33. The fourth-order valence-electron chi connectivity index (χ4n) is 3.35. The third-order valence-corrected chi connectivity index (χ3v) is 5.00. The molecule has 0 aliphatic rings. The first-order valence-corrected chi connectivity index (χ1v) is 11.5. The number of ether oxygens (including phenoxy) is 1. The van der Waals surface area contributed by atoms with E-state index in [1.165, 1.54) is 6.07 Å². The molecule has 0 heterocycles. The molecule has 5 N–H and O–H groups in total. The smallest absolute Gasteiger partial charge is 0.408 e. The van der Waals surface area contributed by atoms with Crippen LogP contribution in [0.3, 0.4) is 0 Å². The Morgan fingerprint density at radius 3 is 2.38 bits per heavy atom. The Kier molecular flexibility index (Phi) is 11.8. The normalized spacial score (nSPS) is 13.0. The minimum atomic E-state index is -1.43. The Labute approximate surface area is 201 Å². The summed E-state index contributed by atoms with van der Waals surface area (Å²) in [6.07, 6.45) is 1.69. The summed E-state index contributed by atoms with van der Waals surface area (Å²) in [6.45, 7) is 7.51. The van der Waals surface area contributed by atoms with Crippen LogP contribution in [0.25, 0.3) is 0 Å². The maximum Gasteiger partial charge on any atom is 0.408 e. The molecule has 0 aliphatic heterocycles. The van der Waals surface area contributed by atoms with Gasteiger partial charge < -0.3 is 35.6 Å². The topological polar surface area (TPSA) is 148 Å². The number of phenolic OH excluding ortho intramolecular Hbond substituents is 1. The lowest BCUT2D eigenvalue weighted by molar-refractivity contribution is -0.143. The van der Waals surface area contributed by atoms with Crippen molar-refractivity contribution in [3.05, 3.63) is 29.3 Å². The molecule has 0 saturated heterocycles. The lowest BCUT2D eigenvalue weighted by Crippen LogP contribution is -2.55. The average Bonchev–Trinajstić information content (AvgIpc) is 2.75. The van der Waals surface area contributed by atoms with Gasteiger partial charge in [0.1, 0.15) is 23.4 Å².